The summed E-state index contributed by atoms with van der Waals surface area (Å²) in [4.78, 5) is 38.4. The van der Waals surface area contributed by atoms with E-state index < -0.39 is 0 Å². The number of rotatable bonds is 4. The Bertz CT molecular complexity index is 2140. The third-order valence-electron chi connectivity index (χ3n) is 8.54. The average Bonchev–Trinajstić information content (AvgIpc) is 3.89. The van der Waals surface area contributed by atoms with Crippen LogP contribution in [0.3, 0.4) is 0 Å². The van der Waals surface area contributed by atoms with Crippen LogP contribution in [0.4, 0.5) is 11.4 Å². The van der Waals surface area contributed by atoms with E-state index in [2.05, 4.69) is 106 Å². The van der Waals surface area contributed by atoms with Crippen molar-refractivity contribution in [1.82, 2.24) is 0 Å². The predicted molar refractivity (Wildman–Crippen MR) is 205 cm³/mol. The number of nitrogens with zero attached hydrogens (tertiary/aromatic N) is 2. The quantitative estimate of drug-likeness (QED) is 0.167. The largest absolute Gasteiger partial charge is 0.311 e. The Hall–Kier alpha value is -3.12. The summed E-state index contributed by atoms with van der Waals surface area (Å²) in [6, 6.07) is 25.2. The molecule has 10 heteroatoms. The molecule has 0 bridgehead atoms. The molecular formula is C36H24Br2N2O2S4. The lowest BCUT2D eigenvalue weighted by atomic mass is 9.95. The highest BCUT2D eigenvalue weighted by molar-refractivity contribution is 9.11. The summed E-state index contributed by atoms with van der Waals surface area (Å²) in [6.45, 7) is 4.28. The zero-order chi connectivity index (χ0) is 32.0. The van der Waals surface area contributed by atoms with E-state index in [4.69, 9.17) is 0 Å². The van der Waals surface area contributed by atoms with Crippen molar-refractivity contribution in [1.29, 1.82) is 0 Å². The maximum atomic E-state index is 13.9. The Kier molecular flexibility index (Phi) is 7.39. The van der Waals surface area contributed by atoms with E-state index in [-0.39, 0.29) is 11.8 Å². The fraction of sp³-hybridized carbons (Fsp3) is 0.111. The predicted octanol–water partition coefficient (Wildman–Crippen LogP) is 11.6. The lowest BCUT2D eigenvalue weighted by Gasteiger charge is -2.10. The molecular weight excluding hydrogens is 780 g/mol. The molecule has 46 heavy (non-hydrogen) atoms. The van der Waals surface area contributed by atoms with Gasteiger partial charge in [0.1, 0.15) is 0 Å². The molecule has 0 fully saturated rings. The maximum absolute atomic E-state index is 13.9. The van der Waals surface area contributed by atoms with Gasteiger partial charge in [-0.1, -0.05) is 24.3 Å². The molecule has 4 aromatic heterocycles. The molecule has 2 aromatic carbocycles. The Morgan fingerprint density at radius 1 is 0.522 bits per heavy atom. The summed E-state index contributed by atoms with van der Waals surface area (Å²) in [5.74, 6) is -0.319. The smallest absolute Gasteiger partial charge is 0.259 e. The Morgan fingerprint density at radius 3 is 1.30 bits per heavy atom. The molecule has 6 aromatic rings. The molecule has 2 aliphatic heterocycles. The van der Waals surface area contributed by atoms with Gasteiger partial charge >= 0.3 is 0 Å². The number of hydrogen-bond acceptors (Lipinski definition) is 6. The number of carbonyl (C=O) groups excluding carboxylic acids is 2. The number of aryl methyl sites for hydroxylation is 2. The van der Waals surface area contributed by atoms with Crippen LogP contribution in [0.5, 0.6) is 0 Å². The number of benzene rings is 2. The number of hydrogen-bond donors (Lipinski definition) is 0. The van der Waals surface area contributed by atoms with Gasteiger partial charge in [-0.15, -0.1) is 45.3 Å². The van der Waals surface area contributed by atoms with Gasteiger partial charge in [0.2, 0.25) is 0 Å². The Morgan fingerprint density at radius 2 is 0.935 bits per heavy atom. The van der Waals surface area contributed by atoms with Crippen LogP contribution in [0.1, 0.15) is 22.3 Å². The first-order valence-corrected chi connectivity index (χ1v) is 19.3. The number of halogens is 2. The number of anilines is 2. The van der Waals surface area contributed by atoms with E-state index >= 15 is 0 Å². The summed E-state index contributed by atoms with van der Waals surface area (Å²) in [6.07, 6.45) is 0. The molecule has 0 unspecified atom stereocenters. The molecule has 0 radical (unpaired) electrons. The molecule has 8 rings (SSSR count). The highest BCUT2D eigenvalue weighted by Gasteiger charge is 2.40. The molecule has 0 N–H and O–H groups in total. The van der Waals surface area contributed by atoms with Crippen molar-refractivity contribution in [2.24, 2.45) is 0 Å². The molecule has 6 heterocycles. The van der Waals surface area contributed by atoms with Crippen molar-refractivity contribution in [3.05, 3.63) is 103 Å². The molecule has 4 nitrogen and oxygen atoms in total. The maximum Gasteiger partial charge on any atom is 0.259 e. The number of fused-ring (bicyclic) bond motifs is 2. The zero-order valence-corrected chi connectivity index (χ0v) is 31.5. The highest BCUT2D eigenvalue weighted by atomic mass is 79.9. The van der Waals surface area contributed by atoms with Crippen molar-refractivity contribution in [3.8, 4) is 40.4 Å². The molecule has 228 valence electrons. The van der Waals surface area contributed by atoms with Gasteiger partial charge in [-0.3, -0.25) is 9.59 Å². The summed E-state index contributed by atoms with van der Waals surface area (Å²) < 4.78 is 2.22. The third-order valence-corrected chi connectivity index (χ3v) is 14.7. The van der Waals surface area contributed by atoms with Gasteiger partial charge in [-0.2, -0.15) is 0 Å². The lowest BCUT2D eigenvalue weighted by molar-refractivity contribution is -0.114. The van der Waals surface area contributed by atoms with E-state index in [0.29, 0.717) is 11.1 Å². The first kappa shape index (κ1) is 30.2. The van der Waals surface area contributed by atoms with Crippen LogP contribution in [-0.4, -0.2) is 25.9 Å². The van der Waals surface area contributed by atoms with Gasteiger partial charge in [0, 0.05) is 54.5 Å². The first-order chi connectivity index (χ1) is 22.1. The highest BCUT2D eigenvalue weighted by Crippen LogP contribution is 2.50. The minimum atomic E-state index is -0.159. The van der Waals surface area contributed by atoms with E-state index in [1.807, 2.05) is 12.1 Å². The van der Waals surface area contributed by atoms with Crippen LogP contribution in [0.25, 0.3) is 51.5 Å². The lowest BCUT2D eigenvalue weighted by Crippen LogP contribution is -2.24. The third kappa shape index (κ3) is 4.76. The Labute approximate surface area is 299 Å². The van der Waals surface area contributed by atoms with E-state index in [1.165, 1.54) is 30.6 Å². The average molecular weight is 805 g/mol. The van der Waals surface area contributed by atoms with Crippen molar-refractivity contribution in [2.75, 3.05) is 23.9 Å². The van der Waals surface area contributed by atoms with Gasteiger partial charge in [-0.25, -0.2) is 0 Å². The van der Waals surface area contributed by atoms with Crippen LogP contribution < -0.4 is 9.80 Å². The molecule has 0 saturated heterocycles. The van der Waals surface area contributed by atoms with E-state index in [1.54, 1.807) is 69.2 Å². The molecule has 0 spiro atoms. The van der Waals surface area contributed by atoms with Crippen molar-refractivity contribution in [3.63, 3.8) is 0 Å². The van der Waals surface area contributed by atoms with Gasteiger partial charge in [0.25, 0.3) is 11.8 Å². The van der Waals surface area contributed by atoms with Crippen LogP contribution in [0.15, 0.2) is 80.4 Å². The van der Waals surface area contributed by atoms with Crippen LogP contribution in [0.2, 0.25) is 0 Å². The summed E-state index contributed by atoms with van der Waals surface area (Å²) in [5, 5.41) is 0. The van der Waals surface area contributed by atoms with Crippen molar-refractivity contribution >= 4 is 112 Å². The number of thiophene rings is 4. The van der Waals surface area contributed by atoms with Crippen molar-refractivity contribution < 1.29 is 9.59 Å². The fourth-order valence-electron chi connectivity index (χ4n) is 6.23. The Balaban J connectivity index is 1.19. The number of likely N-dealkylation sites (N-methyl/N-ethyl adjacent to an activating group) is 2. The molecule has 0 atom stereocenters. The fourth-order valence-corrected chi connectivity index (χ4v) is 11.7. The summed E-state index contributed by atoms with van der Waals surface area (Å²) in [5.41, 5.74) is 8.73. The van der Waals surface area contributed by atoms with Crippen LogP contribution in [-0.2, 0) is 9.59 Å². The van der Waals surface area contributed by atoms with Crippen molar-refractivity contribution in [2.45, 2.75) is 13.8 Å². The summed E-state index contributed by atoms with van der Waals surface area (Å²) >= 11 is 14.1. The second-order valence-electron chi connectivity index (χ2n) is 11.4. The molecule has 2 amide bonds. The van der Waals surface area contributed by atoms with Crippen LogP contribution in [0, 0.1) is 13.8 Å². The SMILES string of the molecule is Cc1cc(-c2ccc3c(c2)N(C)C(=O)/C3=C2/C(=O)N(C)c3cc(-c4cc(C)c(-c5ccc(Br)s5)s4)ccc32)sc1-c1ccc(Br)s1. The normalized spacial score (nSPS) is 15.8. The standard InChI is InChI=1S/C36H24Br2N2O2S4/c1-17-13-27(45-33(17)25-9-11-29(37)43-25)19-5-7-21-23(15-19)39(3)35(41)31(21)32-22-8-6-20(16-24(22)40(4)36(32)42)28-14-18(2)34(46-28)26-10-12-30(38)44-26/h5-16H,1-4H3/b32-31+. The van der Waals surface area contributed by atoms with E-state index in [0.717, 1.165) is 51.0 Å². The monoisotopic (exact) mass is 802 g/mol. The number of carbonyl (C=O) groups is 2. The minimum absolute atomic E-state index is 0.159. The van der Waals surface area contributed by atoms with Crippen LogP contribution >= 0.6 is 77.2 Å². The zero-order valence-electron chi connectivity index (χ0n) is 25.0. The minimum Gasteiger partial charge on any atom is -0.311 e. The molecule has 0 aliphatic carbocycles. The van der Waals surface area contributed by atoms with Gasteiger partial charge in [0.05, 0.1) is 30.1 Å². The topological polar surface area (TPSA) is 40.6 Å². The number of amides is 2. The summed E-state index contributed by atoms with van der Waals surface area (Å²) in [7, 11) is 3.59. The van der Waals surface area contributed by atoms with Gasteiger partial charge in [-0.05, 0) is 116 Å². The first-order valence-electron chi connectivity index (χ1n) is 14.4. The molecule has 2 aliphatic rings. The second kappa shape index (κ2) is 11.2. The van der Waals surface area contributed by atoms with Gasteiger partial charge in [0.15, 0.2) is 0 Å². The second-order valence-corrected chi connectivity index (χ2v) is 18.4. The van der Waals surface area contributed by atoms with E-state index in [9.17, 15) is 9.59 Å². The molecule has 0 saturated carbocycles. The van der Waals surface area contributed by atoms with Gasteiger partial charge < -0.3 is 9.80 Å².